The van der Waals surface area contributed by atoms with Crippen molar-refractivity contribution in [1.29, 1.82) is 0 Å². The normalized spacial score (nSPS) is 25.7. The molecule has 0 amide bonds. The van der Waals surface area contributed by atoms with Crippen LogP contribution >= 0.6 is 0 Å². The summed E-state index contributed by atoms with van der Waals surface area (Å²) in [6.45, 7) is 1.93. The fourth-order valence-corrected chi connectivity index (χ4v) is 6.61. The minimum absolute atomic E-state index is 0.0233. The van der Waals surface area contributed by atoms with Crippen LogP contribution in [-0.4, -0.2) is 29.2 Å². The Morgan fingerprint density at radius 1 is 1.07 bits per heavy atom. The molecule has 1 aromatic heterocycles. The zero-order valence-electron chi connectivity index (χ0n) is 16.9. The van der Waals surface area contributed by atoms with Gasteiger partial charge in [-0.05, 0) is 44.7 Å². The van der Waals surface area contributed by atoms with Crippen molar-refractivity contribution in [2.24, 2.45) is 5.92 Å². The Kier molecular flexibility index (Phi) is 4.57. The van der Waals surface area contributed by atoms with Crippen molar-refractivity contribution in [1.82, 2.24) is 14.8 Å². The molecule has 2 aromatic rings. The number of nitrogens with zero attached hydrogens (tertiary/aromatic N) is 3. The summed E-state index contributed by atoms with van der Waals surface area (Å²) in [5.41, 5.74) is 0.996. The molecule has 1 aromatic carbocycles. The zero-order chi connectivity index (χ0) is 20.1. The lowest BCUT2D eigenvalue weighted by Crippen LogP contribution is -2.55. The molecular formula is C21H29N5O2S. The molecule has 2 heterocycles. The Bertz CT molecular complexity index is 993. The first-order valence-electron chi connectivity index (χ1n) is 10.8. The average Bonchev–Trinajstić information content (AvgIpc) is 3.12. The lowest BCUT2D eigenvalue weighted by atomic mass is 9.64. The summed E-state index contributed by atoms with van der Waals surface area (Å²) in [6.07, 6.45) is 10.8. The lowest BCUT2D eigenvalue weighted by Gasteiger charge is -2.52. The van der Waals surface area contributed by atoms with Crippen molar-refractivity contribution in [3.8, 4) is 0 Å². The highest BCUT2D eigenvalue weighted by Gasteiger charge is 2.51. The van der Waals surface area contributed by atoms with Crippen LogP contribution in [0.3, 0.4) is 0 Å². The molecule has 156 valence electrons. The molecule has 2 saturated carbocycles. The van der Waals surface area contributed by atoms with Crippen LogP contribution in [0.1, 0.15) is 63.4 Å². The number of anilines is 2. The maximum atomic E-state index is 12.8. The minimum atomic E-state index is -3.71. The van der Waals surface area contributed by atoms with Gasteiger partial charge >= 0.3 is 0 Å². The van der Waals surface area contributed by atoms with Crippen LogP contribution in [-0.2, 0) is 15.6 Å². The van der Waals surface area contributed by atoms with Crippen LogP contribution in [0, 0.1) is 12.8 Å². The third-order valence-corrected chi connectivity index (χ3v) is 8.42. The van der Waals surface area contributed by atoms with Gasteiger partial charge in [0.1, 0.15) is 0 Å². The summed E-state index contributed by atoms with van der Waals surface area (Å²) < 4.78 is 30.3. The van der Waals surface area contributed by atoms with E-state index in [1.807, 2.05) is 11.6 Å². The SMILES string of the molecule is Cc1ccc(S(=O)(=O)Nc2nc3n(n2)C2(CCCCC2)C2CCCCC2N3)cc1. The van der Waals surface area contributed by atoms with Gasteiger partial charge in [-0.25, -0.2) is 17.8 Å². The second-order valence-electron chi connectivity index (χ2n) is 8.90. The Hall–Kier alpha value is -2.09. The minimum Gasteiger partial charge on any atom is -0.351 e. The van der Waals surface area contributed by atoms with Gasteiger partial charge in [-0.3, -0.25) is 0 Å². The first-order valence-corrected chi connectivity index (χ1v) is 12.3. The van der Waals surface area contributed by atoms with Crippen molar-refractivity contribution in [2.75, 3.05) is 10.0 Å². The predicted octanol–water partition coefficient (Wildman–Crippen LogP) is 4.03. The average molecular weight is 416 g/mol. The molecule has 3 aliphatic rings. The number of hydrogen-bond donors (Lipinski definition) is 2. The number of fused-ring (bicyclic) bond motifs is 4. The monoisotopic (exact) mass is 415 g/mol. The topological polar surface area (TPSA) is 88.9 Å². The Morgan fingerprint density at radius 3 is 2.55 bits per heavy atom. The van der Waals surface area contributed by atoms with Crippen LogP contribution in [0.5, 0.6) is 0 Å². The highest BCUT2D eigenvalue weighted by molar-refractivity contribution is 7.92. The second-order valence-corrected chi connectivity index (χ2v) is 10.6. The van der Waals surface area contributed by atoms with Gasteiger partial charge in [0.15, 0.2) is 0 Å². The van der Waals surface area contributed by atoms with Crippen molar-refractivity contribution >= 4 is 21.9 Å². The molecule has 2 unspecified atom stereocenters. The number of hydrogen-bond acceptors (Lipinski definition) is 5. The first kappa shape index (κ1) is 18.9. The molecule has 8 heteroatoms. The Balaban J connectivity index is 1.50. The van der Waals surface area contributed by atoms with Gasteiger partial charge in [0.2, 0.25) is 5.95 Å². The number of sulfonamides is 1. The van der Waals surface area contributed by atoms with E-state index in [-0.39, 0.29) is 16.4 Å². The first-order chi connectivity index (χ1) is 14.0. The third kappa shape index (κ3) is 3.21. The van der Waals surface area contributed by atoms with E-state index >= 15 is 0 Å². The summed E-state index contributed by atoms with van der Waals surface area (Å²) in [5, 5.41) is 8.28. The van der Waals surface area contributed by atoms with Gasteiger partial charge < -0.3 is 5.32 Å². The lowest BCUT2D eigenvalue weighted by molar-refractivity contribution is 0.0455. The molecule has 2 atom stereocenters. The number of nitrogens with one attached hydrogen (secondary N) is 2. The van der Waals surface area contributed by atoms with Crippen LogP contribution in [0.2, 0.25) is 0 Å². The van der Waals surface area contributed by atoms with Crippen molar-refractivity contribution < 1.29 is 8.42 Å². The van der Waals surface area contributed by atoms with Crippen LogP contribution < -0.4 is 10.0 Å². The third-order valence-electron chi connectivity index (χ3n) is 7.08. The van der Waals surface area contributed by atoms with E-state index < -0.39 is 10.0 Å². The summed E-state index contributed by atoms with van der Waals surface area (Å²) in [5.74, 6) is 1.43. The van der Waals surface area contributed by atoms with Crippen molar-refractivity contribution in [3.63, 3.8) is 0 Å². The fourth-order valence-electron chi connectivity index (χ4n) is 5.67. The van der Waals surface area contributed by atoms with Crippen LogP contribution in [0.4, 0.5) is 11.9 Å². The maximum Gasteiger partial charge on any atom is 0.264 e. The number of aryl methyl sites for hydroxylation is 1. The fraction of sp³-hybridized carbons (Fsp3) is 0.619. The van der Waals surface area contributed by atoms with E-state index in [4.69, 9.17) is 5.10 Å². The molecule has 0 radical (unpaired) electrons. The van der Waals surface area contributed by atoms with Crippen LogP contribution in [0.15, 0.2) is 29.2 Å². The molecule has 29 heavy (non-hydrogen) atoms. The van der Waals surface area contributed by atoms with E-state index in [2.05, 4.69) is 15.0 Å². The summed E-state index contributed by atoms with van der Waals surface area (Å²) in [7, 11) is -3.71. The Labute approximate surface area is 172 Å². The molecule has 0 saturated heterocycles. The van der Waals surface area contributed by atoms with Crippen molar-refractivity contribution in [3.05, 3.63) is 29.8 Å². The number of benzene rings is 1. The molecular weight excluding hydrogens is 386 g/mol. The molecule has 2 fully saturated rings. The molecule has 0 bridgehead atoms. The molecule has 1 spiro atoms. The van der Waals surface area contributed by atoms with Gasteiger partial charge in [0.25, 0.3) is 16.0 Å². The second kappa shape index (κ2) is 7.00. The van der Waals surface area contributed by atoms with E-state index in [9.17, 15) is 8.42 Å². The molecule has 2 N–H and O–H groups in total. The number of aromatic nitrogens is 3. The van der Waals surface area contributed by atoms with Gasteiger partial charge in [-0.1, -0.05) is 49.8 Å². The highest BCUT2D eigenvalue weighted by Crippen LogP contribution is 2.50. The van der Waals surface area contributed by atoms with E-state index in [1.54, 1.807) is 24.3 Å². The standard InChI is InChI=1S/C21H29N5O2S/c1-15-9-11-16(12-10-15)29(27,28)25-19-23-20-22-18-8-4-3-7-17(18)21(26(20)24-19)13-5-2-6-14-21/h9-12,17-18H,2-8,13-14H2,1H3,(H2,22,23,24,25). The maximum absolute atomic E-state index is 12.8. The van der Waals surface area contributed by atoms with E-state index in [0.717, 1.165) is 30.8 Å². The largest absolute Gasteiger partial charge is 0.351 e. The van der Waals surface area contributed by atoms with Crippen LogP contribution in [0.25, 0.3) is 0 Å². The van der Waals surface area contributed by atoms with Gasteiger partial charge in [0, 0.05) is 12.0 Å². The molecule has 7 nitrogen and oxygen atoms in total. The van der Waals surface area contributed by atoms with Gasteiger partial charge in [-0.2, -0.15) is 4.98 Å². The van der Waals surface area contributed by atoms with Crippen molar-refractivity contribution in [2.45, 2.75) is 81.2 Å². The van der Waals surface area contributed by atoms with Gasteiger partial charge in [0.05, 0.1) is 10.4 Å². The highest BCUT2D eigenvalue weighted by atomic mass is 32.2. The summed E-state index contributed by atoms with van der Waals surface area (Å²) >= 11 is 0. The summed E-state index contributed by atoms with van der Waals surface area (Å²) in [6, 6.07) is 7.24. The molecule has 5 rings (SSSR count). The smallest absolute Gasteiger partial charge is 0.264 e. The molecule has 1 aliphatic heterocycles. The quantitative estimate of drug-likeness (QED) is 0.790. The zero-order valence-corrected chi connectivity index (χ0v) is 17.7. The molecule has 2 aliphatic carbocycles. The summed E-state index contributed by atoms with van der Waals surface area (Å²) in [4.78, 5) is 4.80. The Morgan fingerprint density at radius 2 is 1.79 bits per heavy atom. The predicted molar refractivity (Wildman–Crippen MR) is 112 cm³/mol. The number of rotatable bonds is 3. The van der Waals surface area contributed by atoms with E-state index in [0.29, 0.717) is 12.0 Å². The van der Waals surface area contributed by atoms with E-state index in [1.165, 1.54) is 38.5 Å². The van der Waals surface area contributed by atoms with Gasteiger partial charge in [-0.15, -0.1) is 5.10 Å².